The van der Waals surface area contributed by atoms with E-state index in [4.69, 9.17) is 5.11 Å². The molecular weight excluding hydrogens is 332 g/mol. The lowest BCUT2D eigenvalue weighted by Gasteiger charge is -2.13. The van der Waals surface area contributed by atoms with Crippen LogP contribution in [0.25, 0.3) is 11.3 Å². The van der Waals surface area contributed by atoms with Crippen molar-refractivity contribution in [2.24, 2.45) is 0 Å². The summed E-state index contributed by atoms with van der Waals surface area (Å²) in [6.45, 7) is 1.18. The topological polar surface area (TPSA) is 63.3 Å². The molecule has 0 saturated carbocycles. The van der Waals surface area contributed by atoms with E-state index in [0.29, 0.717) is 12.1 Å². The van der Waals surface area contributed by atoms with E-state index in [1.165, 1.54) is 6.92 Å². The molecule has 1 aromatic heterocycles. The predicted octanol–water partition coefficient (Wildman–Crippen LogP) is 4.39. The number of carboxylic acid groups (broad SMARTS) is 1. The molecule has 1 heterocycles. The van der Waals surface area contributed by atoms with Gasteiger partial charge in [-0.15, -0.1) is 0 Å². The Balaban J connectivity index is 2.75. The van der Waals surface area contributed by atoms with Crippen LogP contribution in [0.5, 0.6) is 0 Å². The van der Waals surface area contributed by atoms with E-state index >= 15 is 0 Å². The van der Waals surface area contributed by atoms with E-state index in [1.54, 1.807) is 0 Å². The molecule has 4 nitrogen and oxygen atoms in total. The van der Waals surface area contributed by atoms with E-state index in [0.717, 1.165) is 0 Å². The molecule has 0 spiro atoms. The third-order valence-corrected chi connectivity index (χ3v) is 2.94. The first-order chi connectivity index (χ1) is 10.4. The van der Waals surface area contributed by atoms with Gasteiger partial charge >= 0.3 is 18.3 Å². The summed E-state index contributed by atoms with van der Waals surface area (Å²) in [5, 5.41) is 12.3. The van der Waals surface area contributed by atoms with Crippen LogP contribution in [0.15, 0.2) is 22.7 Å². The monoisotopic (exact) mass is 339 g/mol. The molecule has 0 aliphatic rings. The van der Waals surface area contributed by atoms with Crippen LogP contribution >= 0.6 is 0 Å². The van der Waals surface area contributed by atoms with Gasteiger partial charge in [0.2, 0.25) is 0 Å². The first kappa shape index (κ1) is 16.8. The minimum absolute atomic E-state index is 0.0587. The standard InChI is InChI=1S/C13H7F6NO3/c1-5-9(11(21)22)10(20-23-5)6-2-7(12(14,15)16)4-8(3-6)13(17,18)19/h2-4H,1H3,(H,21,22). The number of aromatic carboxylic acids is 1. The molecule has 2 aromatic rings. The Morgan fingerprint density at radius 1 is 1.04 bits per heavy atom. The number of halogens is 6. The molecule has 1 N–H and O–H groups in total. The number of benzene rings is 1. The van der Waals surface area contributed by atoms with Gasteiger partial charge in [0.1, 0.15) is 17.0 Å². The molecule has 124 valence electrons. The van der Waals surface area contributed by atoms with Gasteiger partial charge < -0.3 is 9.63 Å². The van der Waals surface area contributed by atoms with Gasteiger partial charge in [-0.1, -0.05) is 5.16 Å². The number of hydrogen-bond acceptors (Lipinski definition) is 3. The van der Waals surface area contributed by atoms with Crippen LogP contribution in [0.4, 0.5) is 26.3 Å². The van der Waals surface area contributed by atoms with Crippen molar-refractivity contribution in [3.8, 4) is 11.3 Å². The first-order valence-electron chi connectivity index (χ1n) is 5.90. The van der Waals surface area contributed by atoms with Gasteiger partial charge in [-0.25, -0.2) is 4.79 Å². The Hall–Kier alpha value is -2.52. The van der Waals surface area contributed by atoms with Crippen LogP contribution in [-0.4, -0.2) is 16.2 Å². The minimum atomic E-state index is -5.04. The number of carbonyl (C=O) groups is 1. The van der Waals surface area contributed by atoms with Gasteiger partial charge in [0.25, 0.3) is 0 Å². The summed E-state index contributed by atoms with van der Waals surface area (Å²) in [6, 6.07) is 0.717. The fourth-order valence-corrected chi connectivity index (χ4v) is 1.91. The predicted molar refractivity (Wildman–Crippen MR) is 63.6 cm³/mol. The van der Waals surface area contributed by atoms with Crippen molar-refractivity contribution in [1.82, 2.24) is 5.16 Å². The lowest BCUT2D eigenvalue weighted by Crippen LogP contribution is -2.11. The van der Waals surface area contributed by atoms with Crippen molar-refractivity contribution >= 4 is 5.97 Å². The lowest BCUT2D eigenvalue weighted by molar-refractivity contribution is -0.143. The zero-order valence-electron chi connectivity index (χ0n) is 11.2. The van der Waals surface area contributed by atoms with Crippen molar-refractivity contribution in [2.75, 3.05) is 0 Å². The molecule has 2 rings (SSSR count). The van der Waals surface area contributed by atoms with Crippen LogP contribution in [0.3, 0.4) is 0 Å². The molecule has 0 unspecified atom stereocenters. The van der Waals surface area contributed by atoms with Crippen LogP contribution in [0.1, 0.15) is 27.2 Å². The van der Waals surface area contributed by atoms with Crippen LogP contribution < -0.4 is 0 Å². The Morgan fingerprint density at radius 2 is 1.52 bits per heavy atom. The minimum Gasteiger partial charge on any atom is -0.477 e. The highest BCUT2D eigenvalue weighted by atomic mass is 19.4. The highest BCUT2D eigenvalue weighted by molar-refractivity contribution is 5.95. The van der Waals surface area contributed by atoms with E-state index < -0.39 is 46.3 Å². The van der Waals surface area contributed by atoms with E-state index in [1.807, 2.05) is 0 Å². The number of carboxylic acids is 1. The van der Waals surface area contributed by atoms with Gasteiger partial charge in [-0.2, -0.15) is 26.3 Å². The molecule has 0 bridgehead atoms. The summed E-state index contributed by atoms with van der Waals surface area (Å²) in [4.78, 5) is 11.1. The van der Waals surface area contributed by atoms with E-state index in [-0.39, 0.29) is 11.8 Å². The first-order valence-corrected chi connectivity index (χ1v) is 5.90. The van der Waals surface area contributed by atoms with Gasteiger partial charge in [0.15, 0.2) is 0 Å². The quantitative estimate of drug-likeness (QED) is 0.825. The highest BCUT2D eigenvalue weighted by Crippen LogP contribution is 2.39. The molecule has 0 saturated heterocycles. The van der Waals surface area contributed by atoms with Crippen molar-refractivity contribution < 1.29 is 40.8 Å². The average Bonchev–Trinajstić information content (AvgIpc) is 2.78. The lowest BCUT2D eigenvalue weighted by atomic mass is 10.00. The third kappa shape index (κ3) is 3.30. The van der Waals surface area contributed by atoms with Gasteiger partial charge in [0.05, 0.1) is 11.1 Å². The highest BCUT2D eigenvalue weighted by Gasteiger charge is 2.37. The molecular formula is C13H7F6NO3. The Labute approximate surface area is 124 Å². The Bertz CT molecular complexity index is 728. The number of hydrogen-bond donors (Lipinski definition) is 1. The summed E-state index contributed by atoms with van der Waals surface area (Å²) < 4.78 is 81.3. The van der Waals surface area contributed by atoms with Crippen molar-refractivity contribution in [1.29, 1.82) is 0 Å². The van der Waals surface area contributed by atoms with E-state index in [2.05, 4.69) is 9.68 Å². The van der Waals surface area contributed by atoms with Crippen LogP contribution in [0.2, 0.25) is 0 Å². The fraction of sp³-hybridized carbons (Fsp3) is 0.231. The van der Waals surface area contributed by atoms with E-state index in [9.17, 15) is 31.1 Å². The molecule has 0 amide bonds. The number of aromatic nitrogens is 1. The summed E-state index contributed by atoms with van der Waals surface area (Å²) in [6.07, 6.45) is -10.1. The summed E-state index contributed by atoms with van der Waals surface area (Å²) in [5.74, 6) is -1.82. The second-order valence-corrected chi connectivity index (χ2v) is 4.56. The van der Waals surface area contributed by atoms with Crippen molar-refractivity contribution in [3.05, 3.63) is 40.6 Å². The maximum absolute atomic E-state index is 12.8. The molecule has 0 fully saturated rings. The average molecular weight is 339 g/mol. The number of rotatable bonds is 2. The smallest absolute Gasteiger partial charge is 0.416 e. The number of aryl methyl sites for hydroxylation is 1. The van der Waals surface area contributed by atoms with Crippen LogP contribution in [0, 0.1) is 6.92 Å². The van der Waals surface area contributed by atoms with Crippen molar-refractivity contribution in [3.63, 3.8) is 0 Å². The maximum Gasteiger partial charge on any atom is 0.416 e. The fourth-order valence-electron chi connectivity index (χ4n) is 1.91. The SMILES string of the molecule is Cc1onc(-c2cc(C(F)(F)F)cc(C(F)(F)F)c2)c1C(=O)O. The second-order valence-electron chi connectivity index (χ2n) is 4.56. The normalized spacial score (nSPS) is 12.5. The zero-order chi connectivity index (χ0) is 17.6. The molecule has 1 aromatic carbocycles. The zero-order valence-corrected chi connectivity index (χ0v) is 11.2. The molecule has 23 heavy (non-hydrogen) atoms. The van der Waals surface area contributed by atoms with Gasteiger partial charge in [0, 0.05) is 5.56 Å². The van der Waals surface area contributed by atoms with Crippen molar-refractivity contribution in [2.45, 2.75) is 19.3 Å². The molecule has 0 atom stereocenters. The Kier molecular flexibility index (Phi) is 3.87. The second kappa shape index (κ2) is 5.28. The number of alkyl halides is 6. The van der Waals surface area contributed by atoms with Crippen LogP contribution in [-0.2, 0) is 12.4 Å². The molecule has 0 aliphatic carbocycles. The van der Waals surface area contributed by atoms with Gasteiger partial charge in [-0.05, 0) is 25.1 Å². The summed E-state index contributed by atoms with van der Waals surface area (Å²) in [5.41, 5.74) is -5.00. The Morgan fingerprint density at radius 3 is 1.91 bits per heavy atom. The summed E-state index contributed by atoms with van der Waals surface area (Å²) >= 11 is 0. The molecule has 0 aliphatic heterocycles. The third-order valence-electron chi connectivity index (χ3n) is 2.94. The molecule has 10 heteroatoms. The largest absolute Gasteiger partial charge is 0.477 e. The molecule has 0 radical (unpaired) electrons. The number of nitrogens with zero attached hydrogens (tertiary/aromatic N) is 1. The summed E-state index contributed by atoms with van der Waals surface area (Å²) in [7, 11) is 0. The maximum atomic E-state index is 12.8. The van der Waals surface area contributed by atoms with Gasteiger partial charge in [-0.3, -0.25) is 0 Å².